The molecule has 21 heavy (non-hydrogen) atoms. The lowest BCUT2D eigenvalue weighted by molar-refractivity contribution is 0.101. The molecule has 0 saturated heterocycles. The third-order valence-corrected chi connectivity index (χ3v) is 4.31. The van der Waals surface area contributed by atoms with Crippen LogP contribution in [0.15, 0.2) is 34.8 Å². The summed E-state index contributed by atoms with van der Waals surface area (Å²) in [6.45, 7) is 8.62. The molecule has 0 atom stereocenters. The molecule has 0 fully saturated rings. The van der Waals surface area contributed by atoms with Gasteiger partial charge < -0.3 is 9.88 Å². The van der Waals surface area contributed by atoms with E-state index < -0.39 is 0 Å². The number of nitrogens with one attached hydrogen (secondary N) is 1. The molecule has 0 aliphatic carbocycles. The maximum Gasteiger partial charge on any atom is 0.183 e. The van der Waals surface area contributed by atoms with Crippen molar-refractivity contribution in [1.29, 1.82) is 0 Å². The number of carbonyl (C=O) groups is 1. The van der Waals surface area contributed by atoms with Gasteiger partial charge >= 0.3 is 0 Å². The van der Waals surface area contributed by atoms with E-state index in [2.05, 4.69) is 39.7 Å². The number of nitrogens with zero attached hydrogens (tertiary/aromatic N) is 1. The molecular weight excluding hydrogens is 328 g/mol. The number of aryl methyl sites for hydroxylation is 1. The van der Waals surface area contributed by atoms with Gasteiger partial charge in [-0.2, -0.15) is 0 Å². The number of Topliss-reactive ketones (excluding diaryl/α,β-unsaturated/α-hetero) is 1. The largest absolute Gasteiger partial charge is 0.377 e. The molecule has 0 amide bonds. The van der Waals surface area contributed by atoms with Gasteiger partial charge in [-0.3, -0.25) is 4.79 Å². The van der Waals surface area contributed by atoms with Gasteiger partial charge in [-0.1, -0.05) is 12.1 Å². The van der Waals surface area contributed by atoms with Crippen LogP contribution >= 0.6 is 15.9 Å². The standard InChI is InChI=1S/C17H21BrN2O/c1-11(2)20-12(3)9-14(13(20)4)17(21)10-19-16-8-6-5-7-15(16)18/h5-9,11,19H,10H2,1-4H3. The van der Waals surface area contributed by atoms with E-state index in [0.29, 0.717) is 12.6 Å². The maximum atomic E-state index is 12.4. The zero-order chi connectivity index (χ0) is 15.6. The first-order valence-corrected chi connectivity index (χ1v) is 7.91. The van der Waals surface area contributed by atoms with Crippen molar-refractivity contribution in [2.45, 2.75) is 33.7 Å². The molecule has 0 aliphatic heterocycles. The first-order valence-electron chi connectivity index (χ1n) is 7.12. The first kappa shape index (κ1) is 15.8. The Balaban J connectivity index is 2.15. The van der Waals surface area contributed by atoms with Gasteiger partial charge in [-0.25, -0.2) is 0 Å². The highest BCUT2D eigenvalue weighted by molar-refractivity contribution is 9.10. The molecule has 1 heterocycles. The lowest BCUT2D eigenvalue weighted by atomic mass is 10.1. The molecule has 0 bridgehead atoms. The second-order valence-corrected chi connectivity index (χ2v) is 6.36. The summed E-state index contributed by atoms with van der Waals surface area (Å²) in [5.41, 5.74) is 3.91. The van der Waals surface area contributed by atoms with Crippen molar-refractivity contribution in [3.8, 4) is 0 Å². The summed E-state index contributed by atoms with van der Waals surface area (Å²) in [4.78, 5) is 12.4. The second kappa shape index (κ2) is 6.48. The molecule has 0 aliphatic rings. The van der Waals surface area contributed by atoms with Crippen LogP contribution in [-0.4, -0.2) is 16.9 Å². The third-order valence-electron chi connectivity index (χ3n) is 3.61. The molecule has 4 heteroatoms. The summed E-state index contributed by atoms with van der Waals surface area (Å²) >= 11 is 3.47. The van der Waals surface area contributed by atoms with Gasteiger partial charge in [0.2, 0.25) is 0 Å². The Hall–Kier alpha value is -1.55. The lowest BCUT2D eigenvalue weighted by Gasteiger charge is -2.13. The summed E-state index contributed by atoms with van der Waals surface area (Å²) in [6, 6.07) is 10.2. The van der Waals surface area contributed by atoms with Crippen molar-refractivity contribution in [1.82, 2.24) is 4.57 Å². The van der Waals surface area contributed by atoms with Crippen LogP contribution in [0.25, 0.3) is 0 Å². The van der Waals surface area contributed by atoms with Crippen LogP contribution in [0.4, 0.5) is 5.69 Å². The predicted molar refractivity (Wildman–Crippen MR) is 91.3 cm³/mol. The number of aromatic nitrogens is 1. The Labute approximate surface area is 134 Å². The highest BCUT2D eigenvalue weighted by Crippen LogP contribution is 2.23. The topological polar surface area (TPSA) is 34.0 Å². The first-order chi connectivity index (χ1) is 9.91. The zero-order valence-electron chi connectivity index (χ0n) is 12.9. The van der Waals surface area contributed by atoms with Crippen molar-refractivity contribution >= 4 is 27.4 Å². The van der Waals surface area contributed by atoms with Gasteiger partial charge in [-0.05, 0) is 61.8 Å². The predicted octanol–water partition coefficient (Wildman–Crippen LogP) is 4.74. The molecular formula is C17H21BrN2O. The number of halogens is 1. The Kier molecular flexibility index (Phi) is 4.88. The highest BCUT2D eigenvalue weighted by Gasteiger charge is 2.16. The minimum absolute atomic E-state index is 0.116. The van der Waals surface area contributed by atoms with Gasteiger partial charge in [0.1, 0.15) is 0 Å². The minimum atomic E-state index is 0.116. The normalized spacial score (nSPS) is 11.0. The third kappa shape index (κ3) is 3.38. The van der Waals surface area contributed by atoms with Gasteiger partial charge in [-0.15, -0.1) is 0 Å². The van der Waals surface area contributed by atoms with Crippen molar-refractivity contribution in [3.63, 3.8) is 0 Å². The van der Waals surface area contributed by atoms with Crippen molar-refractivity contribution in [3.05, 3.63) is 51.8 Å². The second-order valence-electron chi connectivity index (χ2n) is 5.51. The van der Waals surface area contributed by atoms with Crippen LogP contribution in [0, 0.1) is 13.8 Å². The molecule has 0 saturated carbocycles. The molecule has 112 valence electrons. The molecule has 3 nitrogen and oxygen atoms in total. The SMILES string of the molecule is Cc1cc(C(=O)CNc2ccccc2Br)c(C)n1C(C)C. The van der Waals surface area contributed by atoms with Crippen molar-refractivity contribution < 1.29 is 4.79 Å². The Morgan fingerprint density at radius 2 is 1.95 bits per heavy atom. The van der Waals surface area contributed by atoms with Gasteiger partial charge in [0, 0.05) is 33.2 Å². The number of anilines is 1. The summed E-state index contributed by atoms with van der Waals surface area (Å²) in [6.07, 6.45) is 0. The fraction of sp³-hybridized carbons (Fsp3) is 0.353. The van der Waals surface area contributed by atoms with E-state index >= 15 is 0 Å². The summed E-state index contributed by atoms with van der Waals surface area (Å²) in [5, 5.41) is 3.19. The number of para-hydroxylation sites is 1. The Morgan fingerprint density at radius 3 is 2.52 bits per heavy atom. The van der Waals surface area contributed by atoms with E-state index in [1.165, 1.54) is 0 Å². The molecule has 0 spiro atoms. The van der Waals surface area contributed by atoms with E-state index in [0.717, 1.165) is 27.1 Å². The van der Waals surface area contributed by atoms with Crippen LogP contribution in [0.1, 0.15) is 41.6 Å². The van der Waals surface area contributed by atoms with Crippen molar-refractivity contribution in [2.24, 2.45) is 0 Å². The Morgan fingerprint density at radius 1 is 1.29 bits per heavy atom. The highest BCUT2D eigenvalue weighted by atomic mass is 79.9. The minimum Gasteiger partial charge on any atom is -0.377 e. The number of rotatable bonds is 5. The number of ketones is 1. The molecule has 0 unspecified atom stereocenters. The monoisotopic (exact) mass is 348 g/mol. The van der Waals surface area contributed by atoms with Crippen LogP contribution in [0.2, 0.25) is 0 Å². The Bertz CT molecular complexity index is 659. The molecule has 1 aromatic carbocycles. The van der Waals surface area contributed by atoms with E-state index in [1.54, 1.807) is 0 Å². The maximum absolute atomic E-state index is 12.4. The van der Waals surface area contributed by atoms with E-state index in [9.17, 15) is 4.79 Å². The van der Waals surface area contributed by atoms with Crippen LogP contribution in [0.3, 0.4) is 0 Å². The van der Waals surface area contributed by atoms with Crippen LogP contribution in [0.5, 0.6) is 0 Å². The number of benzene rings is 1. The van der Waals surface area contributed by atoms with Gasteiger partial charge in [0.25, 0.3) is 0 Å². The quantitative estimate of drug-likeness (QED) is 0.791. The summed E-state index contributed by atoms with van der Waals surface area (Å²) in [5.74, 6) is 0.116. The van der Waals surface area contributed by atoms with E-state index in [-0.39, 0.29) is 5.78 Å². The fourth-order valence-corrected chi connectivity index (χ4v) is 3.15. The lowest BCUT2D eigenvalue weighted by Crippen LogP contribution is -2.15. The molecule has 2 aromatic rings. The fourth-order valence-electron chi connectivity index (χ4n) is 2.73. The molecule has 1 N–H and O–H groups in total. The van der Waals surface area contributed by atoms with Crippen molar-refractivity contribution in [2.75, 3.05) is 11.9 Å². The van der Waals surface area contributed by atoms with Crippen LogP contribution < -0.4 is 5.32 Å². The van der Waals surface area contributed by atoms with Gasteiger partial charge in [0.05, 0.1) is 6.54 Å². The van der Waals surface area contributed by atoms with E-state index in [1.807, 2.05) is 44.2 Å². The number of carbonyl (C=O) groups excluding carboxylic acids is 1. The smallest absolute Gasteiger partial charge is 0.183 e. The number of hydrogen-bond acceptors (Lipinski definition) is 2. The molecule has 2 rings (SSSR count). The number of hydrogen-bond donors (Lipinski definition) is 1. The zero-order valence-corrected chi connectivity index (χ0v) is 14.5. The average molecular weight is 349 g/mol. The van der Waals surface area contributed by atoms with Gasteiger partial charge in [0.15, 0.2) is 5.78 Å². The molecule has 1 aromatic heterocycles. The summed E-state index contributed by atoms with van der Waals surface area (Å²) < 4.78 is 3.16. The van der Waals surface area contributed by atoms with Crippen LogP contribution in [-0.2, 0) is 0 Å². The summed E-state index contributed by atoms with van der Waals surface area (Å²) in [7, 11) is 0. The molecule has 0 radical (unpaired) electrons. The van der Waals surface area contributed by atoms with E-state index in [4.69, 9.17) is 0 Å². The average Bonchev–Trinajstić information content (AvgIpc) is 2.73.